The zero-order valence-corrected chi connectivity index (χ0v) is 13.3. The molecule has 2 N–H and O–H groups in total. The monoisotopic (exact) mass is 290 g/mol. The fraction of sp³-hybridized carbons (Fsp3) is 0.467. The van der Waals surface area contributed by atoms with Gasteiger partial charge in [0.2, 0.25) is 5.16 Å². The van der Waals surface area contributed by atoms with E-state index in [0.717, 1.165) is 23.3 Å². The van der Waals surface area contributed by atoms with Crippen LogP contribution < -0.4 is 5.32 Å². The number of nitrogens with zero attached hydrogens (tertiary/aromatic N) is 2. The normalized spacial score (nSPS) is 12.6. The van der Waals surface area contributed by atoms with Crippen molar-refractivity contribution in [1.29, 1.82) is 0 Å². The maximum Gasteiger partial charge on any atom is 0.208 e. The Balaban J connectivity index is 2.07. The fourth-order valence-electron chi connectivity index (χ4n) is 2.05. The van der Waals surface area contributed by atoms with E-state index in [1.165, 1.54) is 16.7 Å². The molecule has 2 rings (SSSR count). The molecule has 0 aliphatic heterocycles. The topological polar surface area (TPSA) is 53.6 Å². The highest BCUT2D eigenvalue weighted by molar-refractivity contribution is 7.99. The summed E-state index contributed by atoms with van der Waals surface area (Å²) in [6, 6.07) is 6.99. The quantitative estimate of drug-likeness (QED) is 0.802. The van der Waals surface area contributed by atoms with Crippen LogP contribution in [0.25, 0.3) is 0 Å². The van der Waals surface area contributed by atoms with Crippen LogP contribution in [0.3, 0.4) is 0 Å². The second-order valence-corrected chi connectivity index (χ2v) is 5.96. The van der Waals surface area contributed by atoms with Crippen LogP contribution in [0.2, 0.25) is 0 Å². The summed E-state index contributed by atoms with van der Waals surface area (Å²) >= 11 is 1.68. The summed E-state index contributed by atoms with van der Waals surface area (Å²) in [7, 11) is 0. The second kappa shape index (κ2) is 6.90. The van der Waals surface area contributed by atoms with Gasteiger partial charge in [0.15, 0.2) is 0 Å². The van der Waals surface area contributed by atoms with Gasteiger partial charge in [0.1, 0.15) is 5.82 Å². The molecule has 0 radical (unpaired) electrons. The van der Waals surface area contributed by atoms with Crippen LogP contribution in [-0.4, -0.2) is 27.5 Å². The molecule has 1 heterocycles. The summed E-state index contributed by atoms with van der Waals surface area (Å²) in [5.41, 5.74) is 4.00. The number of hydrogen-bond acceptors (Lipinski definition) is 4. The van der Waals surface area contributed by atoms with E-state index < -0.39 is 0 Å². The highest BCUT2D eigenvalue weighted by Gasteiger charge is 2.13. The van der Waals surface area contributed by atoms with E-state index in [0.29, 0.717) is 6.04 Å². The van der Waals surface area contributed by atoms with Crippen molar-refractivity contribution in [3.05, 3.63) is 40.7 Å². The van der Waals surface area contributed by atoms with Crippen molar-refractivity contribution in [3.63, 3.8) is 0 Å². The number of thioether (sulfide) groups is 1. The Morgan fingerprint density at radius 3 is 2.65 bits per heavy atom. The molecule has 0 bridgehead atoms. The third-order valence-electron chi connectivity index (χ3n) is 3.34. The number of aromatic nitrogens is 3. The standard InChI is InChI=1S/C15H22N4S/c1-5-16-14(9-20-15-17-12(4)18-19-15)13-7-6-10(2)11(3)8-13/h6-8,14,16H,5,9H2,1-4H3,(H,17,18,19). The molecule has 5 heteroatoms. The van der Waals surface area contributed by atoms with Crippen molar-refractivity contribution in [1.82, 2.24) is 20.5 Å². The van der Waals surface area contributed by atoms with Gasteiger partial charge in [-0.3, -0.25) is 5.10 Å². The van der Waals surface area contributed by atoms with Crippen LogP contribution in [0.15, 0.2) is 23.4 Å². The molecule has 0 aliphatic carbocycles. The molecule has 1 atom stereocenters. The minimum absolute atomic E-state index is 0.322. The van der Waals surface area contributed by atoms with Gasteiger partial charge in [-0.1, -0.05) is 36.9 Å². The van der Waals surface area contributed by atoms with E-state index in [-0.39, 0.29) is 0 Å². The third kappa shape index (κ3) is 3.84. The van der Waals surface area contributed by atoms with Gasteiger partial charge in [-0.05, 0) is 44.0 Å². The van der Waals surface area contributed by atoms with Crippen LogP contribution in [0.4, 0.5) is 0 Å². The Kier molecular flexibility index (Phi) is 5.20. The Morgan fingerprint density at radius 1 is 1.25 bits per heavy atom. The molecule has 0 saturated heterocycles. The molecule has 0 spiro atoms. The Hall–Kier alpha value is -1.33. The molecule has 2 aromatic rings. The molecule has 0 fully saturated rings. The van der Waals surface area contributed by atoms with E-state index in [1.54, 1.807) is 11.8 Å². The van der Waals surface area contributed by atoms with Crippen LogP contribution in [0.5, 0.6) is 0 Å². The highest BCUT2D eigenvalue weighted by atomic mass is 32.2. The number of H-pyrrole nitrogens is 1. The predicted molar refractivity (Wildman–Crippen MR) is 84.2 cm³/mol. The first kappa shape index (κ1) is 15.1. The zero-order chi connectivity index (χ0) is 14.5. The molecule has 108 valence electrons. The largest absolute Gasteiger partial charge is 0.309 e. The summed E-state index contributed by atoms with van der Waals surface area (Å²) in [5.74, 6) is 1.78. The Bertz CT molecular complexity index is 565. The van der Waals surface area contributed by atoms with Crippen molar-refractivity contribution in [2.24, 2.45) is 0 Å². The molecule has 0 amide bonds. The van der Waals surface area contributed by atoms with Gasteiger partial charge in [0.25, 0.3) is 0 Å². The van der Waals surface area contributed by atoms with Gasteiger partial charge in [-0.25, -0.2) is 4.98 Å². The zero-order valence-electron chi connectivity index (χ0n) is 12.5. The lowest BCUT2D eigenvalue weighted by atomic mass is 10.0. The van der Waals surface area contributed by atoms with Gasteiger partial charge in [0, 0.05) is 11.8 Å². The van der Waals surface area contributed by atoms with Crippen molar-refractivity contribution < 1.29 is 0 Å². The summed E-state index contributed by atoms with van der Waals surface area (Å²) in [6.07, 6.45) is 0. The van der Waals surface area contributed by atoms with Crippen LogP contribution >= 0.6 is 11.8 Å². The first-order chi connectivity index (χ1) is 9.60. The highest BCUT2D eigenvalue weighted by Crippen LogP contribution is 2.24. The molecule has 0 aliphatic rings. The van der Waals surface area contributed by atoms with E-state index in [4.69, 9.17) is 0 Å². The van der Waals surface area contributed by atoms with E-state index >= 15 is 0 Å². The maximum absolute atomic E-state index is 4.34. The lowest BCUT2D eigenvalue weighted by molar-refractivity contribution is 0.605. The van der Waals surface area contributed by atoms with E-state index in [1.807, 2.05) is 6.92 Å². The Morgan fingerprint density at radius 2 is 2.05 bits per heavy atom. The van der Waals surface area contributed by atoms with Crippen molar-refractivity contribution in [2.75, 3.05) is 12.3 Å². The lowest BCUT2D eigenvalue weighted by Crippen LogP contribution is -2.23. The molecule has 1 aromatic heterocycles. The fourth-order valence-corrected chi connectivity index (χ4v) is 2.98. The van der Waals surface area contributed by atoms with Crippen molar-refractivity contribution in [3.8, 4) is 0 Å². The third-order valence-corrected chi connectivity index (χ3v) is 4.28. The molecule has 20 heavy (non-hydrogen) atoms. The number of hydrogen-bond donors (Lipinski definition) is 2. The Labute approximate surface area is 124 Å². The molecule has 1 aromatic carbocycles. The summed E-state index contributed by atoms with van der Waals surface area (Å²) in [5, 5.41) is 11.4. The van der Waals surface area contributed by atoms with Crippen LogP contribution in [-0.2, 0) is 0 Å². The number of nitrogens with one attached hydrogen (secondary N) is 2. The maximum atomic E-state index is 4.34. The first-order valence-electron chi connectivity index (χ1n) is 6.92. The number of aromatic amines is 1. The van der Waals surface area contributed by atoms with Gasteiger partial charge >= 0.3 is 0 Å². The van der Waals surface area contributed by atoms with Gasteiger partial charge in [-0.15, -0.1) is 5.10 Å². The first-order valence-corrected chi connectivity index (χ1v) is 7.91. The SMILES string of the molecule is CCNC(CSc1n[nH]c(C)n1)c1ccc(C)c(C)c1. The van der Waals surface area contributed by atoms with Crippen molar-refractivity contribution in [2.45, 2.75) is 38.9 Å². The summed E-state index contributed by atoms with van der Waals surface area (Å²) < 4.78 is 0. The number of aryl methyl sites for hydroxylation is 3. The van der Waals surface area contributed by atoms with E-state index in [9.17, 15) is 0 Å². The molecule has 1 unspecified atom stereocenters. The average Bonchev–Trinajstić information content (AvgIpc) is 2.84. The number of benzene rings is 1. The molecular formula is C15H22N4S. The second-order valence-electron chi connectivity index (χ2n) is 4.97. The molecule has 0 saturated carbocycles. The van der Waals surface area contributed by atoms with Gasteiger partial charge < -0.3 is 5.32 Å². The smallest absolute Gasteiger partial charge is 0.208 e. The molecular weight excluding hydrogens is 268 g/mol. The van der Waals surface area contributed by atoms with Gasteiger partial charge in [0.05, 0.1) is 0 Å². The van der Waals surface area contributed by atoms with Crippen LogP contribution in [0.1, 0.15) is 35.5 Å². The summed E-state index contributed by atoms with van der Waals surface area (Å²) in [4.78, 5) is 4.34. The predicted octanol–water partition coefficient (Wildman–Crippen LogP) is 3.17. The van der Waals surface area contributed by atoms with Crippen LogP contribution in [0, 0.1) is 20.8 Å². The van der Waals surface area contributed by atoms with Crippen molar-refractivity contribution >= 4 is 11.8 Å². The minimum Gasteiger partial charge on any atom is -0.309 e. The minimum atomic E-state index is 0.322. The number of rotatable bonds is 6. The van der Waals surface area contributed by atoms with E-state index in [2.05, 4.69) is 59.5 Å². The summed E-state index contributed by atoms with van der Waals surface area (Å²) in [6.45, 7) is 9.31. The lowest BCUT2D eigenvalue weighted by Gasteiger charge is -2.18. The van der Waals surface area contributed by atoms with Gasteiger partial charge in [-0.2, -0.15) is 0 Å². The average molecular weight is 290 g/mol. The molecule has 4 nitrogen and oxygen atoms in total.